The van der Waals surface area contributed by atoms with Crippen LogP contribution in [0.5, 0.6) is 0 Å². The van der Waals surface area contributed by atoms with Gasteiger partial charge in [-0.25, -0.2) is 9.18 Å². The second kappa shape index (κ2) is 25.1. The van der Waals surface area contributed by atoms with E-state index in [1.807, 2.05) is 51.2 Å². The molecule has 0 aromatic rings. The molecule has 3 aliphatic heterocycles. The Hall–Kier alpha value is -3.40. The van der Waals surface area contributed by atoms with Gasteiger partial charge in [0, 0.05) is 58.5 Å². The number of allylic oxidation sites excluding steroid dienone is 6. The van der Waals surface area contributed by atoms with Gasteiger partial charge in [-0.1, -0.05) is 71.1 Å². The van der Waals surface area contributed by atoms with Crippen LogP contribution in [0.25, 0.3) is 0 Å². The van der Waals surface area contributed by atoms with Crippen LogP contribution in [0.1, 0.15) is 126 Å². The highest BCUT2D eigenvalue weighted by molar-refractivity contribution is 6.39. The van der Waals surface area contributed by atoms with Gasteiger partial charge >= 0.3 is 5.97 Å². The van der Waals surface area contributed by atoms with Crippen molar-refractivity contribution >= 4 is 29.2 Å². The summed E-state index contributed by atoms with van der Waals surface area (Å²) in [5.41, 5.74) is 1.03. The van der Waals surface area contributed by atoms with Gasteiger partial charge in [0.2, 0.25) is 5.79 Å². The van der Waals surface area contributed by atoms with Crippen molar-refractivity contribution in [1.82, 2.24) is 4.90 Å². The third kappa shape index (κ3) is 14.3. The second-order valence-electron chi connectivity index (χ2n) is 19.5. The number of aliphatic hydroxyl groups is 2. The van der Waals surface area contributed by atoms with Crippen molar-refractivity contribution in [3.63, 3.8) is 0 Å². The number of hydrogen-bond acceptors (Lipinski definition) is 12. The number of amides is 1. The zero-order valence-corrected chi connectivity index (χ0v) is 40.5. The van der Waals surface area contributed by atoms with Gasteiger partial charge in [-0.15, -0.1) is 0 Å². The van der Waals surface area contributed by atoms with E-state index in [0.717, 1.165) is 5.57 Å². The first-order valence-electron chi connectivity index (χ1n) is 23.9. The van der Waals surface area contributed by atoms with E-state index in [2.05, 4.69) is 0 Å². The average Bonchev–Trinajstić information content (AvgIpc) is 3.28. The first-order valence-corrected chi connectivity index (χ1v) is 23.9. The number of rotatable bonds is 6. The number of methoxy groups -OCH3 is 3. The summed E-state index contributed by atoms with van der Waals surface area (Å²) >= 11 is 0. The number of esters is 1. The number of aliphatic hydroxyl groups excluding tert-OH is 1. The molecule has 65 heavy (non-hydrogen) atoms. The average molecular weight is 916 g/mol. The summed E-state index contributed by atoms with van der Waals surface area (Å²) in [6.07, 6.45) is 9.94. The van der Waals surface area contributed by atoms with Crippen LogP contribution in [0, 0.1) is 35.5 Å². The van der Waals surface area contributed by atoms with Gasteiger partial charge in [0.05, 0.1) is 24.4 Å². The quantitative estimate of drug-likeness (QED) is 0.157. The molecule has 14 heteroatoms. The third-order valence-electron chi connectivity index (χ3n) is 14.4. The fraction of sp³-hybridized carbons (Fsp3) is 0.745. The van der Waals surface area contributed by atoms with Gasteiger partial charge in [-0.3, -0.25) is 19.2 Å². The summed E-state index contributed by atoms with van der Waals surface area (Å²) in [6, 6.07) is -1.16. The Balaban J connectivity index is 1.70. The lowest BCUT2D eigenvalue weighted by Gasteiger charge is -2.42. The number of piperidine rings is 1. The van der Waals surface area contributed by atoms with Crippen LogP contribution in [0.2, 0.25) is 0 Å². The van der Waals surface area contributed by atoms with Gasteiger partial charge in [-0.2, -0.15) is 0 Å². The van der Waals surface area contributed by atoms with Crippen molar-refractivity contribution in [3.05, 3.63) is 47.6 Å². The summed E-state index contributed by atoms with van der Waals surface area (Å²) < 4.78 is 45.4. The van der Waals surface area contributed by atoms with Crippen LogP contribution in [-0.4, -0.2) is 127 Å². The van der Waals surface area contributed by atoms with Crippen molar-refractivity contribution in [2.75, 3.05) is 27.9 Å². The summed E-state index contributed by atoms with van der Waals surface area (Å²) in [4.78, 5) is 71.6. The van der Waals surface area contributed by atoms with Crippen molar-refractivity contribution in [1.29, 1.82) is 0 Å². The number of ketones is 3. The monoisotopic (exact) mass is 916 g/mol. The molecule has 0 aromatic carbocycles. The van der Waals surface area contributed by atoms with E-state index in [1.54, 1.807) is 35.0 Å². The van der Waals surface area contributed by atoms with E-state index in [1.165, 1.54) is 25.0 Å². The highest BCUT2D eigenvalue weighted by Crippen LogP contribution is 2.38. The Bertz CT molecular complexity index is 1760. The van der Waals surface area contributed by atoms with E-state index in [4.69, 9.17) is 23.7 Å². The van der Waals surface area contributed by atoms with Crippen LogP contribution in [0.4, 0.5) is 4.39 Å². The number of ether oxygens (including phenoxy) is 5. The predicted molar refractivity (Wildman–Crippen MR) is 244 cm³/mol. The number of Topliss-reactive ketones (excluding diaryl/α,β-unsaturated/α-hetero) is 3. The normalized spacial score (nSPS) is 40.4. The van der Waals surface area contributed by atoms with E-state index < -0.39 is 83.9 Å². The fourth-order valence-corrected chi connectivity index (χ4v) is 10.1. The van der Waals surface area contributed by atoms with Gasteiger partial charge in [-0.05, 0) is 107 Å². The highest BCUT2D eigenvalue weighted by Gasteiger charge is 2.53. The molecular formula is C51H78FNO12. The molecule has 2 bridgehead atoms. The minimum absolute atomic E-state index is 0.0215. The maximum Gasteiger partial charge on any atom is 0.329 e. The number of carbonyl (C=O) groups excluding carboxylic acids is 5. The molecule has 1 saturated carbocycles. The molecule has 4 aliphatic rings. The van der Waals surface area contributed by atoms with E-state index in [0.29, 0.717) is 64.2 Å². The van der Waals surface area contributed by atoms with Crippen molar-refractivity contribution in [2.24, 2.45) is 35.5 Å². The third-order valence-corrected chi connectivity index (χ3v) is 14.4. The molecule has 2 N–H and O–H groups in total. The van der Waals surface area contributed by atoms with Crippen molar-refractivity contribution in [2.45, 2.75) is 180 Å². The SMILES string of the molecule is CO[C@H]1C[C@@H]2CC[C@@H](C)[C@@](O)(O2)C(=O)C(=O)N2CCCCC2C(=O)O[C@H]([C@H](C)CC2CC[C@H](O)[C@H](OC)C2)CC(=O)[C@H](C)/C=C(\C)C(F)[C@@H](OC)C(=O)[C@H](C)C[C@H](C)/C=C/C=C/C=C/1C. The Morgan fingerprint density at radius 1 is 0.877 bits per heavy atom. The molecule has 366 valence electrons. The van der Waals surface area contributed by atoms with Crippen molar-refractivity contribution < 1.29 is 62.3 Å². The van der Waals surface area contributed by atoms with Crippen LogP contribution in [-0.2, 0) is 47.7 Å². The molecule has 0 radical (unpaired) electrons. The second-order valence-corrected chi connectivity index (χ2v) is 19.5. The largest absolute Gasteiger partial charge is 0.460 e. The Labute approximate surface area is 386 Å². The van der Waals surface area contributed by atoms with E-state index >= 15 is 4.39 Å². The van der Waals surface area contributed by atoms with Crippen LogP contribution in [0.15, 0.2) is 47.6 Å². The standard InChI is InChI=1S/C51H78FNO12/c1-30-16-12-11-13-17-31(2)42(61-8)28-38-21-19-36(7)51(60,65-38)48(57)49(58)53-23-15-14-18-39(53)50(59)64-43(33(4)26-37-20-22-40(54)44(27-37)62-9)29-41(55)32(3)25-34(5)45(52)47(63-10)46(56)35(6)24-30/h11-13,16-17,25,30,32-33,35-40,42-45,47,54,60H,14-15,18-24,26-29H2,1-10H3/b13-11+,16-12+,31-17+,34-25+/t30-,32-,33-,35-,36-,37?,38+,39?,40+,42+,43+,44-,45?,47-,51-/m1/s1. The van der Waals surface area contributed by atoms with Gasteiger partial charge < -0.3 is 38.8 Å². The summed E-state index contributed by atoms with van der Waals surface area (Å²) in [6.45, 7) is 12.4. The topological polar surface area (TPSA) is 175 Å². The molecule has 1 aliphatic carbocycles. The fourth-order valence-electron chi connectivity index (χ4n) is 10.1. The smallest absolute Gasteiger partial charge is 0.329 e. The number of cyclic esters (lactones) is 1. The van der Waals surface area contributed by atoms with Crippen molar-refractivity contribution in [3.8, 4) is 0 Å². The molecule has 2 saturated heterocycles. The Kier molecular flexibility index (Phi) is 20.9. The van der Waals surface area contributed by atoms with E-state index in [9.17, 15) is 34.2 Å². The molecule has 0 aromatic heterocycles. The molecule has 15 atom stereocenters. The summed E-state index contributed by atoms with van der Waals surface area (Å²) in [5.74, 6) is -8.44. The zero-order chi connectivity index (χ0) is 48.2. The van der Waals surface area contributed by atoms with E-state index in [-0.39, 0.29) is 60.4 Å². The van der Waals surface area contributed by atoms with Crippen LogP contribution >= 0.6 is 0 Å². The first kappa shape index (κ1) is 54.2. The lowest BCUT2D eigenvalue weighted by molar-refractivity contribution is -0.265. The minimum atomic E-state index is -2.44. The number of carbonyl (C=O) groups is 5. The Morgan fingerprint density at radius 3 is 2.28 bits per heavy atom. The molecule has 0 spiro atoms. The molecule has 1 amide bonds. The number of halogens is 1. The van der Waals surface area contributed by atoms with Gasteiger partial charge in [0.15, 0.2) is 18.1 Å². The lowest BCUT2D eigenvalue weighted by Crippen LogP contribution is -2.61. The molecule has 3 unspecified atom stereocenters. The Morgan fingerprint density at radius 2 is 1.60 bits per heavy atom. The molecule has 3 fully saturated rings. The maximum atomic E-state index is 16.2. The number of alkyl halides is 1. The summed E-state index contributed by atoms with van der Waals surface area (Å²) in [7, 11) is 4.42. The molecule has 13 nitrogen and oxygen atoms in total. The summed E-state index contributed by atoms with van der Waals surface area (Å²) in [5, 5.41) is 22.4. The zero-order valence-electron chi connectivity index (χ0n) is 40.5. The van der Waals surface area contributed by atoms with Crippen LogP contribution < -0.4 is 0 Å². The highest BCUT2D eigenvalue weighted by atomic mass is 19.1. The van der Waals surface area contributed by atoms with Crippen LogP contribution in [0.3, 0.4) is 0 Å². The number of hydrogen-bond donors (Lipinski definition) is 2. The van der Waals surface area contributed by atoms with Gasteiger partial charge in [0.1, 0.15) is 17.9 Å². The number of fused-ring (bicyclic) bond motifs is 3. The predicted octanol–water partition coefficient (Wildman–Crippen LogP) is 7.16. The van der Waals surface area contributed by atoms with Gasteiger partial charge in [0.25, 0.3) is 11.7 Å². The minimum Gasteiger partial charge on any atom is -0.460 e. The lowest BCUT2D eigenvalue weighted by atomic mass is 9.78. The molecule has 3 heterocycles. The molecule has 4 rings (SSSR count). The molecular weight excluding hydrogens is 838 g/mol. The first-order chi connectivity index (χ1) is 30.7. The number of nitrogens with zero attached hydrogens (tertiary/aromatic N) is 1. The maximum absolute atomic E-state index is 16.2.